The predicted octanol–water partition coefficient (Wildman–Crippen LogP) is 1.04. The van der Waals surface area contributed by atoms with E-state index in [4.69, 9.17) is 17.3 Å². The fraction of sp³-hybridized carbons (Fsp3) is 0. The molecule has 1 aromatic rings. The smallest absolute Gasteiger partial charge is 0.252 e. The molecular formula is C6H5ClN2O. The summed E-state index contributed by atoms with van der Waals surface area (Å²) in [5, 5.41) is -0.519. The van der Waals surface area contributed by atoms with Crippen LogP contribution in [-0.4, -0.2) is 10.2 Å². The van der Waals surface area contributed by atoms with Crippen molar-refractivity contribution in [1.29, 1.82) is 0 Å². The molecule has 0 aromatic carbocycles. The van der Waals surface area contributed by atoms with Crippen LogP contribution in [-0.2, 0) is 0 Å². The Kier molecular flexibility index (Phi) is 1.87. The highest BCUT2D eigenvalue weighted by atomic mass is 35.5. The van der Waals surface area contributed by atoms with Gasteiger partial charge in [-0.1, -0.05) is 0 Å². The first kappa shape index (κ1) is 7.02. The molecule has 0 atom stereocenters. The Morgan fingerprint density at radius 2 is 2.40 bits per heavy atom. The van der Waals surface area contributed by atoms with Crippen molar-refractivity contribution >= 4 is 22.7 Å². The van der Waals surface area contributed by atoms with Crippen LogP contribution in [0.3, 0.4) is 0 Å². The van der Waals surface area contributed by atoms with Gasteiger partial charge in [-0.2, -0.15) is 0 Å². The minimum absolute atomic E-state index is 0.298. The Morgan fingerprint density at radius 3 is 2.80 bits per heavy atom. The molecule has 1 aromatic heterocycles. The highest BCUT2D eigenvalue weighted by Crippen LogP contribution is 2.05. The van der Waals surface area contributed by atoms with Crippen molar-refractivity contribution in [3.8, 4) is 0 Å². The summed E-state index contributed by atoms with van der Waals surface area (Å²) in [5.74, 6) is 0.298. The van der Waals surface area contributed by atoms with E-state index in [1.807, 2.05) is 0 Å². The van der Waals surface area contributed by atoms with E-state index in [1.54, 1.807) is 0 Å². The molecule has 0 amide bonds. The number of carbonyl (C=O) groups excluding carboxylic acids is 1. The molecule has 10 heavy (non-hydrogen) atoms. The zero-order chi connectivity index (χ0) is 7.56. The van der Waals surface area contributed by atoms with Gasteiger partial charge in [-0.05, 0) is 23.7 Å². The van der Waals surface area contributed by atoms with E-state index >= 15 is 0 Å². The molecule has 4 heteroatoms. The van der Waals surface area contributed by atoms with E-state index in [9.17, 15) is 4.79 Å². The van der Waals surface area contributed by atoms with Gasteiger partial charge in [-0.25, -0.2) is 4.98 Å². The summed E-state index contributed by atoms with van der Waals surface area (Å²) in [4.78, 5) is 14.2. The molecule has 1 heterocycles. The van der Waals surface area contributed by atoms with Gasteiger partial charge in [-0.3, -0.25) is 4.79 Å². The van der Waals surface area contributed by atoms with E-state index < -0.39 is 5.24 Å². The number of nitrogens with two attached hydrogens (primary N) is 1. The monoisotopic (exact) mass is 156 g/mol. The maximum absolute atomic E-state index is 10.5. The van der Waals surface area contributed by atoms with Crippen molar-refractivity contribution in [1.82, 2.24) is 4.98 Å². The lowest BCUT2D eigenvalue weighted by molar-refractivity contribution is 0.108. The van der Waals surface area contributed by atoms with Crippen LogP contribution in [0.25, 0.3) is 0 Å². The molecule has 0 unspecified atom stereocenters. The Labute approximate surface area is 62.8 Å². The molecule has 2 N–H and O–H groups in total. The minimum atomic E-state index is -0.519. The molecule has 0 saturated heterocycles. The van der Waals surface area contributed by atoms with Crippen molar-refractivity contribution in [3.05, 3.63) is 23.9 Å². The molecule has 0 radical (unpaired) electrons. The van der Waals surface area contributed by atoms with Crippen LogP contribution in [0.15, 0.2) is 18.3 Å². The SMILES string of the molecule is Nc1cc(C(=O)Cl)ccn1. The summed E-state index contributed by atoms with van der Waals surface area (Å²) >= 11 is 5.15. The number of aromatic nitrogens is 1. The summed E-state index contributed by atoms with van der Waals surface area (Å²) in [6.45, 7) is 0. The van der Waals surface area contributed by atoms with Gasteiger partial charge in [0.15, 0.2) is 0 Å². The van der Waals surface area contributed by atoms with Crippen molar-refractivity contribution in [2.75, 3.05) is 5.73 Å². The first-order chi connectivity index (χ1) is 4.70. The molecular weight excluding hydrogens is 152 g/mol. The van der Waals surface area contributed by atoms with Crippen LogP contribution in [0.5, 0.6) is 0 Å². The van der Waals surface area contributed by atoms with Crippen molar-refractivity contribution < 1.29 is 4.79 Å². The van der Waals surface area contributed by atoms with Crippen LogP contribution >= 0.6 is 11.6 Å². The maximum Gasteiger partial charge on any atom is 0.252 e. The summed E-state index contributed by atoms with van der Waals surface area (Å²) in [5.41, 5.74) is 5.64. The third-order valence-corrected chi connectivity index (χ3v) is 1.23. The van der Waals surface area contributed by atoms with E-state index in [1.165, 1.54) is 18.3 Å². The third kappa shape index (κ3) is 1.45. The van der Waals surface area contributed by atoms with Crippen LogP contribution < -0.4 is 5.73 Å². The van der Waals surface area contributed by atoms with Crippen molar-refractivity contribution in [2.24, 2.45) is 0 Å². The second-order valence-electron chi connectivity index (χ2n) is 1.74. The summed E-state index contributed by atoms with van der Waals surface area (Å²) < 4.78 is 0. The fourth-order valence-corrected chi connectivity index (χ4v) is 0.688. The Hall–Kier alpha value is -1.09. The summed E-state index contributed by atoms with van der Waals surface area (Å²) in [7, 11) is 0. The maximum atomic E-state index is 10.5. The van der Waals surface area contributed by atoms with Crippen LogP contribution in [0.4, 0.5) is 5.82 Å². The molecule has 0 bridgehead atoms. The van der Waals surface area contributed by atoms with Gasteiger partial charge in [-0.15, -0.1) is 0 Å². The van der Waals surface area contributed by atoms with Crippen LogP contribution in [0.2, 0.25) is 0 Å². The predicted molar refractivity (Wildman–Crippen MR) is 38.8 cm³/mol. The highest BCUT2D eigenvalue weighted by molar-refractivity contribution is 6.67. The Balaban J connectivity index is 3.07. The zero-order valence-electron chi connectivity index (χ0n) is 5.04. The quantitative estimate of drug-likeness (QED) is 0.619. The van der Waals surface area contributed by atoms with Gasteiger partial charge in [0.2, 0.25) is 0 Å². The number of carbonyl (C=O) groups is 1. The lowest BCUT2D eigenvalue weighted by Gasteiger charge is -1.92. The Bertz CT molecular complexity index is 262. The highest BCUT2D eigenvalue weighted by Gasteiger charge is 1.99. The third-order valence-electron chi connectivity index (χ3n) is 1.01. The number of halogens is 1. The topological polar surface area (TPSA) is 56.0 Å². The molecule has 0 aliphatic rings. The molecule has 0 spiro atoms. The lowest BCUT2D eigenvalue weighted by atomic mass is 10.3. The number of pyridine rings is 1. The lowest BCUT2D eigenvalue weighted by Crippen LogP contribution is -1.93. The average molecular weight is 157 g/mol. The van der Waals surface area contributed by atoms with Crippen LogP contribution in [0, 0.1) is 0 Å². The number of hydrogen-bond donors (Lipinski definition) is 1. The summed E-state index contributed by atoms with van der Waals surface area (Å²) in [6, 6.07) is 2.93. The zero-order valence-corrected chi connectivity index (χ0v) is 5.80. The van der Waals surface area contributed by atoms with Gasteiger partial charge < -0.3 is 5.73 Å². The van der Waals surface area contributed by atoms with E-state index in [2.05, 4.69) is 4.98 Å². The van der Waals surface area contributed by atoms with Gasteiger partial charge in [0, 0.05) is 11.8 Å². The Morgan fingerprint density at radius 1 is 1.70 bits per heavy atom. The van der Waals surface area contributed by atoms with Gasteiger partial charge in [0.05, 0.1) is 0 Å². The standard InChI is InChI=1S/C6H5ClN2O/c7-6(10)4-1-2-9-5(8)3-4/h1-3H,(H2,8,9). The molecule has 0 aliphatic heterocycles. The first-order valence-electron chi connectivity index (χ1n) is 2.61. The number of rotatable bonds is 1. The van der Waals surface area contributed by atoms with Gasteiger partial charge in [0.25, 0.3) is 5.24 Å². The molecule has 0 aliphatic carbocycles. The summed E-state index contributed by atoms with van der Waals surface area (Å²) in [6.07, 6.45) is 1.44. The van der Waals surface area contributed by atoms with Crippen molar-refractivity contribution in [3.63, 3.8) is 0 Å². The molecule has 0 saturated carbocycles. The first-order valence-corrected chi connectivity index (χ1v) is 2.99. The van der Waals surface area contributed by atoms with Crippen LogP contribution in [0.1, 0.15) is 10.4 Å². The average Bonchev–Trinajstić information content (AvgIpc) is 1.88. The second kappa shape index (κ2) is 2.66. The number of nitrogen functional groups attached to an aromatic ring is 1. The normalized spacial score (nSPS) is 9.30. The fourth-order valence-electron chi connectivity index (χ4n) is 0.571. The minimum Gasteiger partial charge on any atom is -0.384 e. The second-order valence-corrected chi connectivity index (χ2v) is 2.09. The van der Waals surface area contributed by atoms with Gasteiger partial charge in [0.1, 0.15) is 5.82 Å². The number of anilines is 1. The van der Waals surface area contributed by atoms with E-state index in [-0.39, 0.29) is 0 Å². The molecule has 3 nitrogen and oxygen atoms in total. The van der Waals surface area contributed by atoms with Crippen molar-refractivity contribution in [2.45, 2.75) is 0 Å². The molecule has 52 valence electrons. The molecule has 0 fully saturated rings. The number of nitrogens with zero attached hydrogens (tertiary/aromatic N) is 1. The largest absolute Gasteiger partial charge is 0.384 e. The molecule has 1 rings (SSSR count). The van der Waals surface area contributed by atoms with E-state index in [0.29, 0.717) is 11.4 Å². The van der Waals surface area contributed by atoms with Gasteiger partial charge >= 0.3 is 0 Å². The van der Waals surface area contributed by atoms with E-state index in [0.717, 1.165) is 0 Å². The number of hydrogen-bond acceptors (Lipinski definition) is 3.